The molecule has 2 aromatic rings. The predicted molar refractivity (Wildman–Crippen MR) is 68.1 cm³/mol. The monoisotopic (exact) mass is 283 g/mol. The van der Waals surface area contributed by atoms with Crippen LogP contribution in [0.2, 0.25) is 10.0 Å². The minimum Gasteiger partial charge on any atom is -0.504 e. The van der Waals surface area contributed by atoms with Gasteiger partial charge >= 0.3 is 0 Å². The molecule has 0 fully saturated rings. The highest BCUT2D eigenvalue weighted by Gasteiger charge is 2.13. The van der Waals surface area contributed by atoms with Crippen LogP contribution in [0, 0.1) is 0 Å². The molecular formula is C11H7Cl2N3O2. The number of phenols is 1. The molecule has 0 aliphatic rings. The molecule has 18 heavy (non-hydrogen) atoms. The Hall–Kier alpha value is -1.85. The van der Waals surface area contributed by atoms with Crippen molar-refractivity contribution in [3.63, 3.8) is 0 Å². The van der Waals surface area contributed by atoms with Crippen molar-refractivity contribution < 1.29 is 9.90 Å². The van der Waals surface area contributed by atoms with Gasteiger partial charge in [-0.1, -0.05) is 23.2 Å². The molecule has 2 rings (SSSR count). The van der Waals surface area contributed by atoms with E-state index in [1.807, 2.05) is 0 Å². The highest BCUT2D eigenvalue weighted by molar-refractivity contribution is 6.36. The number of halogens is 2. The third kappa shape index (κ3) is 2.69. The van der Waals surface area contributed by atoms with E-state index >= 15 is 0 Å². The summed E-state index contributed by atoms with van der Waals surface area (Å²) >= 11 is 11.5. The van der Waals surface area contributed by atoms with Crippen LogP contribution in [0.4, 0.5) is 5.69 Å². The second kappa shape index (κ2) is 5.20. The average Bonchev–Trinajstić information content (AvgIpc) is 2.36. The van der Waals surface area contributed by atoms with E-state index in [-0.39, 0.29) is 22.2 Å². The lowest BCUT2D eigenvalue weighted by Gasteiger charge is -2.08. The van der Waals surface area contributed by atoms with Gasteiger partial charge in [0.05, 0.1) is 16.9 Å². The molecular weight excluding hydrogens is 277 g/mol. The number of phenolic OH excluding ortho intramolecular Hbond substituents is 1. The molecule has 0 atom stereocenters. The van der Waals surface area contributed by atoms with Gasteiger partial charge in [0.1, 0.15) is 5.69 Å². The third-order valence-electron chi connectivity index (χ3n) is 2.07. The second-order valence-corrected chi connectivity index (χ2v) is 4.17. The Kier molecular flexibility index (Phi) is 3.64. The molecule has 1 amide bonds. The first-order valence-electron chi connectivity index (χ1n) is 4.83. The number of hydrogen-bond donors (Lipinski definition) is 2. The van der Waals surface area contributed by atoms with Gasteiger partial charge in [-0.25, -0.2) is 4.98 Å². The number of aromatic nitrogens is 2. The van der Waals surface area contributed by atoms with E-state index in [0.29, 0.717) is 5.02 Å². The van der Waals surface area contributed by atoms with Crippen LogP contribution in [0.5, 0.6) is 5.75 Å². The van der Waals surface area contributed by atoms with Gasteiger partial charge in [-0.2, -0.15) is 0 Å². The molecule has 7 heteroatoms. The number of rotatable bonds is 2. The summed E-state index contributed by atoms with van der Waals surface area (Å²) in [5, 5.41) is 12.5. The molecule has 0 spiro atoms. The lowest BCUT2D eigenvalue weighted by atomic mass is 10.2. The summed E-state index contributed by atoms with van der Waals surface area (Å²) in [7, 11) is 0. The topological polar surface area (TPSA) is 75.1 Å². The van der Waals surface area contributed by atoms with Crippen molar-refractivity contribution in [1.29, 1.82) is 0 Å². The van der Waals surface area contributed by atoms with Gasteiger partial charge < -0.3 is 10.4 Å². The molecule has 0 saturated heterocycles. The number of carbonyl (C=O) groups excluding carboxylic acids is 1. The molecule has 0 saturated carbocycles. The van der Waals surface area contributed by atoms with E-state index in [9.17, 15) is 9.90 Å². The van der Waals surface area contributed by atoms with E-state index in [2.05, 4.69) is 15.3 Å². The molecule has 92 valence electrons. The fourth-order valence-corrected chi connectivity index (χ4v) is 1.76. The minimum atomic E-state index is -0.517. The second-order valence-electron chi connectivity index (χ2n) is 3.33. The highest BCUT2D eigenvalue weighted by atomic mass is 35.5. The lowest BCUT2D eigenvalue weighted by molar-refractivity contribution is 0.102. The molecule has 0 aliphatic carbocycles. The van der Waals surface area contributed by atoms with Gasteiger partial charge in [-0.05, 0) is 12.1 Å². The van der Waals surface area contributed by atoms with Crippen molar-refractivity contribution in [3.8, 4) is 5.75 Å². The van der Waals surface area contributed by atoms with Crippen LogP contribution in [0.3, 0.4) is 0 Å². The molecule has 1 heterocycles. The molecule has 2 N–H and O–H groups in total. The van der Waals surface area contributed by atoms with Crippen molar-refractivity contribution in [3.05, 3.63) is 46.5 Å². The molecule has 0 radical (unpaired) electrons. The number of carbonyl (C=O) groups is 1. The predicted octanol–water partition coefficient (Wildman–Crippen LogP) is 2.74. The number of anilines is 1. The van der Waals surface area contributed by atoms with Gasteiger partial charge in [-0.3, -0.25) is 9.78 Å². The maximum atomic E-state index is 11.8. The maximum Gasteiger partial charge on any atom is 0.275 e. The lowest BCUT2D eigenvalue weighted by Crippen LogP contribution is -2.13. The summed E-state index contributed by atoms with van der Waals surface area (Å²) in [5.74, 6) is -0.768. The number of aromatic hydroxyl groups is 1. The molecule has 0 bridgehead atoms. The Balaban J connectivity index is 2.28. The zero-order valence-corrected chi connectivity index (χ0v) is 10.4. The normalized spacial score (nSPS) is 10.1. The Labute approximate surface area is 112 Å². The first kappa shape index (κ1) is 12.6. The van der Waals surface area contributed by atoms with E-state index in [4.69, 9.17) is 23.2 Å². The summed E-state index contributed by atoms with van der Waals surface area (Å²) < 4.78 is 0. The zero-order chi connectivity index (χ0) is 13.1. The Morgan fingerprint density at radius 1 is 1.28 bits per heavy atom. The van der Waals surface area contributed by atoms with E-state index in [0.717, 1.165) is 0 Å². The quantitative estimate of drug-likeness (QED) is 0.831. The third-order valence-corrected chi connectivity index (χ3v) is 2.58. The van der Waals surface area contributed by atoms with Crippen molar-refractivity contribution >= 4 is 34.8 Å². The fraction of sp³-hybridized carbons (Fsp3) is 0. The zero-order valence-electron chi connectivity index (χ0n) is 8.89. The van der Waals surface area contributed by atoms with Crippen molar-refractivity contribution in [2.24, 2.45) is 0 Å². The summed E-state index contributed by atoms with van der Waals surface area (Å²) in [5.41, 5.74) is 0.233. The van der Waals surface area contributed by atoms with E-state index < -0.39 is 5.91 Å². The van der Waals surface area contributed by atoms with Gasteiger partial charge in [0, 0.05) is 17.4 Å². The van der Waals surface area contributed by atoms with Gasteiger partial charge in [0.25, 0.3) is 5.91 Å². The smallest absolute Gasteiger partial charge is 0.275 e. The number of amides is 1. The van der Waals surface area contributed by atoms with Crippen LogP contribution >= 0.6 is 23.2 Å². The van der Waals surface area contributed by atoms with E-state index in [1.165, 1.54) is 30.7 Å². The van der Waals surface area contributed by atoms with Crippen LogP contribution in [0.1, 0.15) is 10.5 Å². The van der Waals surface area contributed by atoms with Gasteiger partial charge in [0.15, 0.2) is 5.75 Å². The summed E-state index contributed by atoms with van der Waals surface area (Å²) in [6, 6.07) is 2.76. The standard InChI is InChI=1S/C11H7Cl2N3O2/c12-6-3-7(13)10(17)8(4-6)16-11(18)9-5-14-1-2-15-9/h1-5,17H,(H,16,18). The fourth-order valence-electron chi connectivity index (χ4n) is 1.26. The van der Waals surface area contributed by atoms with Crippen LogP contribution in [-0.4, -0.2) is 21.0 Å². The largest absolute Gasteiger partial charge is 0.504 e. The Bertz CT molecular complexity index is 590. The van der Waals surface area contributed by atoms with Crippen LogP contribution in [0.25, 0.3) is 0 Å². The average molecular weight is 284 g/mol. The SMILES string of the molecule is O=C(Nc1cc(Cl)cc(Cl)c1O)c1cnccn1. The van der Waals surface area contributed by atoms with Crippen molar-refractivity contribution in [2.45, 2.75) is 0 Å². The molecule has 5 nitrogen and oxygen atoms in total. The highest BCUT2D eigenvalue weighted by Crippen LogP contribution is 2.35. The minimum absolute atomic E-state index is 0.0527. The van der Waals surface area contributed by atoms with Gasteiger partial charge in [0.2, 0.25) is 0 Å². The molecule has 1 aromatic heterocycles. The first-order valence-corrected chi connectivity index (χ1v) is 5.59. The maximum absolute atomic E-state index is 11.8. The van der Waals surface area contributed by atoms with Crippen molar-refractivity contribution in [2.75, 3.05) is 5.32 Å². The summed E-state index contributed by atoms with van der Waals surface area (Å²) in [6.45, 7) is 0. The van der Waals surface area contributed by atoms with Crippen LogP contribution in [-0.2, 0) is 0 Å². The molecule has 1 aromatic carbocycles. The number of benzene rings is 1. The first-order chi connectivity index (χ1) is 8.58. The van der Waals surface area contributed by atoms with Crippen LogP contribution < -0.4 is 5.32 Å². The van der Waals surface area contributed by atoms with Crippen LogP contribution in [0.15, 0.2) is 30.7 Å². The Morgan fingerprint density at radius 3 is 2.72 bits per heavy atom. The van der Waals surface area contributed by atoms with E-state index in [1.54, 1.807) is 0 Å². The number of nitrogens with one attached hydrogen (secondary N) is 1. The summed E-state index contributed by atoms with van der Waals surface area (Å²) in [4.78, 5) is 19.4. The number of hydrogen-bond acceptors (Lipinski definition) is 4. The van der Waals surface area contributed by atoms with Crippen molar-refractivity contribution in [1.82, 2.24) is 9.97 Å². The molecule has 0 aliphatic heterocycles. The molecule has 0 unspecified atom stereocenters. The van der Waals surface area contributed by atoms with Gasteiger partial charge in [-0.15, -0.1) is 0 Å². The summed E-state index contributed by atoms with van der Waals surface area (Å²) in [6.07, 6.45) is 4.14. The Morgan fingerprint density at radius 2 is 2.06 bits per heavy atom. The number of nitrogens with zero attached hydrogens (tertiary/aromatic N) is 2.